The van der Waals surface area contributed by atoms with Gasteiger partial charge in [0.25, 0.3) is 11.8 Å². The number of nitrogens with one attached hydrogen (secondary N) is 8. The highest BCUT2D eigenvalue weighted by molar-refractivity contribution is 7.12. The molecule has 98 heavy (non-hydrogen) atoms. The van der Waals surface area contributed by atoms with E-state index in [1.165, 1.54) is 42.0 Å². The summed E-state index contributed by atoms with van der Waals surface area (Å²) in [6.45, 7) is 5.77. The van der Waals surface area contributed by atoms with Crippen molar-refractivity contribution >= 4 is 144 Å². The second-order valence-corrected chi connectivity index (χ2v) is 23.8. The van der Waals surface area contributed by atoms with Crippen LogP contribution in [0.25, 0.3) is 32.7 Å². The van der Waals surface area contributed by atoms with Crippen molar-refractivity contribution in [2.24, 2.45) is 20.0 Å². The van der Waals surface area contributed by atoms with Crippen LogP contribution in [-0.4, -0.2) is 117 Å². The number of anilines is 3. The molecule has 0 spiro atoms. The first-order valence-electron chi connectivity index (χ1n) is 29.8. The number of rotatable bonds is 16. The van der Waals surface area contributed by atoms with Crippen LogP contribution in [0, 0.1) is 13.8 Å². The lowest BCUT2D eigenvalue weighted by atomic mass is 10.0. The molecule has 11 N–H and O–H groups in total. The summed E-state index contributed by atoms with van der Waals surface area (Å²) in [6, 6.07) is 46.4. The zero-order valence-corrected chi connectivity index (χ0v) is 53.3. The van der Waals surface area contributed by atoms with Crippen LogP contribution in [-0.2, 0) is 4.79 Å². The zero-order chi connectivity index (χ0) is 67.7. The lowest BCUT2D eigenvalue weighted by molar-refractivity contribution is -0.114. The van der Waals surface area contributed by atoms with Crippen LogP contribution in [0.3, 0.4) is 0 Å². The molecule has 0 bridgehead atoms. The summed E-state index contributed by atoms with van der Waals surface area (Å²) in [5, 5.41) is 58.6. The summed E-state index contributed by atoms with van der Waals surface area (Å²) in [5.41, 5.74) is 9.96. The van der Waals surface area contributed by atoms with Gasteiger partial charge in [0.05, 0.1) is 33.0 Å². The quantitative estimate of drug-likeness (QED) is 0.0319. The van der Waals surface area contributed by atoms with Crippen LogP contribution in [0.1, 0.15) is 110 Å². The molecule has 0 unspecified atom stereocenters. The molecule has 8 heterocycles. The van der Waals surface area contributed by atoms with Crippen molar-refractivity contribution in [1.29, 1.82) is 0 Å². The minimum absolute atomic E-state index is 0. The van der Waals surface area contributed by atoms with Crippen LogP contribution < -0.4 is 16.0 Å². The minimum atomic E-state index is -0.189. The third kappa shape index (κ3) is 15.5. The Balaban J connectivity index is 0.000000148. The molecule has 7 aromatic heterocycles. The van der Waals surface area contributed by atoms with Crippen molar-refractivity contribution in [2.75, 3.05) is 22.5 Å². The largest absolute Gasteiger partial charge is 0.494 e. The molecule has 1 aliphatic heterocycles. The summed E-state index contributed by atoms with van der Waals surface area (Å²) in [5.74, 6) is 0.409. The number of fused-ring (bicyclic) bond motifs is 3. The predicted molar refractivity (Wildman–Crippen MR) is 385 cm³/mol. The number of aryl methyl sites for hydroxylation is 2. The van der Waals surface area contributed by atoms with E-state index in [9.17, 15) is 44.1 Å². The molecule has 0 saturated carbocycles. The Morgan fingerprint density at radius 3 is 1.14 bits per heavy atom. The highest BCUT2D eigenvalue weighted by atomic mass is 32.1. The highest BCUT2D eigenvalue weighted by Crippen LogP contribution is 2.32. The van der Waals surface area contributed by atoms with Gasteiger partial charge in [-0.2, -0.15) is 10.2 Å². The summed E-state index contributed by atoms with van der Waals surface area (Å²) in [7, 11) is 0. The maximum Gasteiger partial charge on any atom is 0.265 e. The van der Waals surface area contributed by atoms with Gasteiger partial charge in [-0.15, -0.1) is 22.7 Å². The molecule has 3 amide bonds. The molecule has 0 saturated heterocycles. The molecule has 6 aromatic carbocycles. The van der Waals surface area contributed by atoms with Crippen LogP contribution in [0.5, 0.6) is 17.6 Å². The lowest BCUT2D eigenvalue weighted by Gasteiger charge is -2.06. The molecule has 14 rings (SSSR count). The second kappa shape index (κ2) is 29.5. The van der Waals surface area contributed by atoms with Crippen molar-refractivity contribution in [3.63, 3.8) is 0 Å². The van der Waals surface area contributed by atoms with Crippen LogP contribution in [0.2, 0.25) is 0 Å². The Labute approximate surface area is 566 Å². The lowest BCUT2D eigenvalue weighted by Crippen LogP contribution is -2.10. The van der Waals surface area contributed by atoms with E-state index < -0.39 is 0 Å². The van der Waals surface area contributed by atoms with Crippen molar-refractivity contribution < 1.29 is 44.1 Å². The Kier molecular flexibility index (Phi) is 20.0. The molecule has 25 heteroatoms. The number of amides is 3. The smallest absolute Gasteiger partial charge is 0.265 e. The van der Waals surface area contributed by atoms with Crippen molar-refractivity contribution in [1.82, 2.24) is 35.3 Å². The summed E-state index contributed by atoms with van der Waals surface area (Å²) in [6.07, 6.45) is 8.28. The molecule has 13 aromatic rings. The van der Waals surface area contributed by atoms with E-state index in [1.807, 2.05) is 48.9 Å². The standard InChI is InChI=1S/C25H19N5O3S.C25H18N4O3S.C22H19N5O3.CH4/c1-14-11-22(30-29-14)26-13-19-18-12-16(6-9-20(18)28-24(19)32)23(31)15-4-7-17(8-5-15)27-25(33)21-3-2-10-34-21;30-23(15-5-8-17(9-6-15)28-25(32)21-3-2-12-33-21)16-7-10-20-18(13-16)19(24(31)29-20)14-27-22-4-1-11-26-22;1-12-9-20(27-26-12)23-11-18-17-10-15(5-8-19(17)25-22(18)30)21(29)14-3-6-16(7-4-14)24-13(2)28;/h2-13,28,32H,1H3,(H,27,33)(H,29,30);1-10,12-14,29,31H,11H2,(H,28,32);3-11,25,30H,1-2H3,(H,24,28)(H,26,27);1H4. The van der Waals surface area contributed by atoms with Gasteiger partial charge in [-0.05, 0) is 170 Å². The fourth-order valence-electron chi connectivity index (χ4n) is 10.2. The molecular weight excluding hydrogens is 1280 g/mol. The minimum Gasteiger partial charge on any atom is -0.494 e. The predicted octanol–water partition coefficient (Wildman–Crippen LogP) is 14.5. The Morgan fingerprint density at radius 1 is 0.469 bits per heavy atom. The van der Waals surface area contributed by atoms with Crippen LogP contribution in [0.4, 0.5) is 28.7 Å². The average molecular weight is 1340 g/mol. The number of hydrogen-bond donors (Lipinski definition) is 11. The van der Waals surface area contributed by atoms with E-state index in [1.54, 1.807) is 158 Å². The monoisotopic (exact) mass is 1340 g/mol. The maximum atomic E-state index is 13.1. The molecule has 23 nitrogen and oxygen atoms in total. The van der Waals surface area contributed by atoms with Gasteiger partial charge in [0, 0.05) is 132 Å². The zero-order valence-electron chi connectivity index (χ0n) is 51.6. The fourth-order valence-corrected chi connectivity index (χ4v) is 11.4. The van der Waals surface area contributed by atoms with E-state index >= 15 is 0 Å². The van der Waals surface area contributed by atoms with Gasteiger partial charge in [-0.3, -0.25) is 44.0 Å². The Bertz CT molecular complexity index is 5300. The maximum absolute atomic E-state index is 13.1. The number of hydrogen-bond acceptors (Lipinski definition) is 17. The highest BCUT2D eigenvalue weighted by Gasteiger charge is 2.20. The number of aromatic nitrogens is 7. The van der Waals surface area contributed by atoms with Gasteiger partial charge < -0.3 is 46.2 Å². The molecule has 0 aliphatic carbocycles. The number of amidine groups is 1. The molecule has 0 atom stereocenters. The Morgan fingerprint density at radius 2 is 0.827 bits per heavy atom. The summed E-state index contributed by atoms with van der Waals surface area (Å²) in [4.78, 5) is 102. The normalized spacial score (nSPS) is 11.8. The molecule has 0 radical (unpaired) electrons. The van der Waals surface area contributed by atoms with E-state index in [-0.39, 0.29) is 60.1 Å². The van der Waals surface area contributed by atoms with Crippen molar-refractivity contribution in [3.8, 4) is 17.6 Å². The number of aromatic hydroxyl groups is 3. The van der Waals surface area contributed by atoms with Gasteiger partial charge >= 0.3 is 0 Å². The number of nitrogens with zero attached hydrogens (tertiary/aromatic N) is 6. The third-order valence-corrected chi connectivity index (χ3v) is 16.7. The number of carbonyl (C=O) groups excluding carboxylic acids is 6. The van der Waals surface area contributed by atoms with Gasteiger partial charge in [-0.1, -0.05) is 25.6 Å². The van der Waals surface area contributed by atoms with Crippen molar-refractivity contribution in [2.45, 2.75) is 28.2 Å². The number of aromatic amines is 5. The van der Waals surface area contributed by atoms with Crippen LogP contribution >= 0.6 is 22.7 Å². The fraction of sp³-hybridized carbons (Fsp3) is 0.0685. The van der Waals surface area contributed by atoms with Gasteiger partial charge in [0.1, 0.15) is 5.84 Å². The van der Waals surface area contributed by atoms with E-state index in [0.717, 1.165) is 11.4 Å². The van der Waals surface area contributed by atoms with E-state index in [4.69, 9.17) is 0 Å². The summed E-state index contributed by atoms with van der Waals surface area (Å²) < 4.78 is 0. The number of benzene rings is 6. The van der Waals surface area contributed by atoms with Gasteiger partial charge in [-0.25, -0.2) is 15.0 Å². The van der Waals surface area contributed by atoms with E-state index in [2.05, 4.69) is 71.3 Å². The SMILES string of the molecule is C.CC(=O)Nc1ccc(C(=O)c2ccc3[nH]c(O)c(C=Nc4cc(C)[nH]n4)c3c2)cc1.Cc1cc(N=Cc2c(O)[nH]c3ccc(C(=O)c4ccc(NC(=O)c5cccs5)cc4)cc23)n[nH]1.O=C(c1ccc(NC(=O)c2cccs2)cc1)c1ccc2[nH]c(O)c(C=NC3=NCC=C3)c2c1. The molecular formula is C73H60N14O9S2. The average Bonchev–Trinajstić information content (AvgIpc) is 1.63. The third-order valence-electron chi connectivity index (χ3n) is 15.0. The van der Waals surface area contributed by atoms with E-state index in [0.29, 0.717) is 134 Å². The summed E-state index contributed by atoms with van der Waals surface area (Å²) >= 11 is 2.73. The number of H-pyrrole nitrogens is 5. The topological polar surface area (TPSA) is 353 Å². The van der Waals surface area contributed by atoms with Crippen LogP contribution in [0.15, 0.2) is 207 Å². The first-order chi connectivity index (χ1) is 47.0. The Hall–Kier alpha value is -13.0. The molecule has 488 valence electrons. The van der Waals surface area contributed by atoms with Gasteiger partial charge in [0.15, 0.2) is 46.6 Å². The van der Waals surface area contributed by atoms with Crippen molar-refractivity contribution in [3.05, 3.63) is 258 Å². The first-order valence-corrected chi connectivity index (χ1v) is 31.6. The number of thiophene rings is 2. The number of aliphatic imine (C=N–C) groups is 4. The first kappa shape index (κ1) is 66.5. The van der Waals surface area contributed by atoms with Gasteiger partial charge in [0.2, 0.25) is 5.91 Å². The molecule has 0 fully saturated rings. The second-order valence-electron chi connectivity index (χ2n) is 21.9. The number of carbonyl (C=O) groups is 6. The number of ketones is 3. The molecule has 1 aliphatic rings.